The molecule has 0 fully saturated rings. The number of imide groups is 1. The number of fused-ring (bicyclic) bond motifs is 2. The summed E-state index contributed by atoms with van der Waals surface area (Å²) in [6.45, 7) is 1.75. The smallest absolute Gasteiger partial charge is 0.259 e. The standard InChI is InChI=1S/C25H25N5O2/c1-29(2)10-5-11-30-14-19(17-12-15(26)8-9-21(17)30)23-22(24(31)28-25(23)32)18-13-27-20-7-4-3-6-16(18)20/h3-4,6-9,12-14,27H,5,10-11,26H2,1-2H3,(H,28,31,32). The van der Waals surface area contributed by atoms with E-state index >= 15 is 0 Å². The van der Waals surface area contributed by atoms with E-state index in [1.165, 1.54) is 0 Å². The summed E-state index contributed by atoms with van der Waals surface area (Å²) in [5, 5.41) is 4.27. The van der Waals surface area contributed by atoms with Gasteiger partial charge in [-0.15, -0.1) is 0 Å². The molecular weight excluding hydrogens is 402 g/mol. The first-order chi connectivity index (χ1) is 15.4. The lowest BCUT2D eigenvalue weighted by Gasteiger charge is -2.10. The molecule has 32 heavy (non-hydrogen) atoms. The number of nitrogens with two attached hydrogens (primary N) is 1. The predicted molar refractivity (Wildman–Crippen MR) is 128 cm³/mol. The molecule has 3 heterocycles. The van der Waals surface area contributed by atoms with Crippen LogP contribution in [0.4, 0.5) is 5.69 Å². The SMILES string of the molecule is CN(C)CCCn1cc(C2=C(c3c[nH]c4ccccc34)C(=O)NC2=O)c2cc(N)ccc21. The lowest BCUT2D eigenvalue weighted by molar-refractivity contribution is -0.122. The zero-order chi connectivity index (χ0) is 22.4. The first kappa shape index (κ1) is 20.1. The maximum absolute atomic E-state index is 13.0. The van der Waals surface area contributed by atoms with E-state index in [-0.39, 0.29) is 11.8 Å². The predicted octanol–water partition coefficient (Wildman–Crippen LogP) is 3.22. The molecule has 0 radical (unpaired) electrons. The van der Waals surface area contributed by atoms with Crippen LogP contribution in [0, 0.1) is 0 Å². The molecule has 2 aromatic carbocycles. The minimum Gasteiger partial charge on any atom is -0.399 e. The van der Waals surface area contributed by atoms with Crippen molar-refractivity contribution >= 4 is 50.5 Å². The summed E-state index contributed by atoms with van der Waals surface area (Å²) in [6.07, 6.45) is 4.73. The maximum Gasteiger partial charge on any atom is 0.259 e. The number of rotatable bonds is 6. The largest absolute Gasteiger partial charge is 0.399 e. The molecule has 0 aliphatic carbocycles. The number of nitrogens with one attached hydrogen (secondary N) is 2. The second kappa shape index (κ2) is 7.69. The van der Waals surface area contributed by atoms with Gasteiger partial charge in [0.2, 0.25) is 0 Å². The minimum absolute atomic E-state index is 0.382. The number of aromatic amines is 1. The fourth-order valence-corrected chi connectivity index (χ4v) is 4.50. The van der Waals surface area contributed by atoms with E-state index in [9.17, 15) is 9.59 Å². The van der Waals surface area contributed by atoms with Gasteiger partial charge in [0.25, 0.3) is 11.8 Å². The van der Waals surface area contributed by atoms with Gasteiger partial charge in [0.05, 0.1) is 11.1 Å². The van der Waals surface area contributed by atoms with Gasteiger partial charge < -0.3 is 20.2 Å². The van der Waals surface area contributed by atoms with E-state index in [1.54, 1.807) is 6.20 Å². The first-order valence-corrected chi connectivity index (χ1v) is 10.6. The number of nitrogen functional groups attached to an aromatic ring is 1. The highest BCUT2D eigenvalue weighted by atomic mass is 16.2. The Labute approximate surface area is 185 Å². The van der Waals surface area contributed by atoms with E-state index in [0.29, 0.717) is 16.8 Å². The molecule has 0 atom stereocenters. The molecule has 1 aliphatic heterocycles. The highest BCUT2D eigenvalue weighted by molar-refractivity contribution is 6.50. The molecule has 162 valence electrons. The van der Waals surface area contributed by atoms with Gasteiger partial charge in [0.15, 0.2) is 0 Å². The maximum atomic E-state index is 13.0. The summed E-state index contributed by atoms with van der Waals surface area (Å²) in [7, 11) is 4.10. The Bertz CT molecular complexity index is 1410. The minimum atomic E-state index is -0.384. The Morgan fingerprint density at radius 1 is 0.969 bits per heavy atom. The summed E-state index contributed by atoms with van der Waals surface area (Å²) < 4.78 is 2.14. The van der Waals surface area contributed by atoms with Gasteiger partial charge in [-0.25, -0.2) is 0 Å². The van der Waals surface area contributed by atoms with Gasteiger partial charge in [-0.2, -0.15) is 0 Å². The Balaban J connectivity index is 1.72. The molecule has 0 unspecified atom stereocenters. The van der Waals surface area contributed by atoms with Gasteiger partial charge in [-0.1, -0.05) is 18.2 Å². The number of carbonyl (C=O) groups excluding carboxylic acids is 2. The van der Waals surface area contributed by atoms with E-state index in [0.717, 1.165) is 52.4 Å². The van der Waals surface area contributed by atoms with E-state index in [1.807, 2.05) is 62.8 Å². The van der Waals surface area contributed by atoms with Crippen LogP contribution in [0.5, 0.6) is 0 Å². The third kappa shape index (κ3) is 3.27. The highest BCUT2D eigenvalue weighted by Gasteiger charge is 2.35. The fourth-order valence-electron chi connectivity index (χ4n) is 4.50. The van der Waals surface area contributed by atoms with Crippen molar-refractivity contribution in [2.24, 2.45) is 0 Å². The van der Waals surface area contributed by atoms with Crippen molar-refractivity contribution in [2.45, 2.75) is 13.0 Å². The molecule has 0 saturated heterocycles. The van der Waals surface area contributed by atoms with Crippen molar-refractivity contribution in [2.75, 3.05) is 26.4 Å². The van der Waals surface area contributed by atoms with Crippen molar-refractivity contribution < 1.29 is 9.59 Å². The molecular formula is C25H25N5O2. The van der Waals surface area contributed by atoms with Crippen molar-refractivity contribution in [3.8, 4) is 0 Å². The zero-order valence-corrected chi connectivity index (χ0v) is 18.1. The molecule has 0 bridgehead atoms. The van der Waals surface area contributed by atoms with Gasteiger partial charge >= 0.3 is 0 Å². The number of H-pyrrole nitrogens is 1. The second-order valence-electron chi connectivity index (χ2n) is 8.45. The number of hydrogen-bond acceptors (Lipinski definition) is 4. The number of para-hydroxylation sites is 1. The number of anilines is 1. The molecule has 0 spiro atoms. The third-order valence-corrected chi connectivity index (χ3v) is 5.97. The molecule has 7 nitrogen and oxygen atoms in total. The monoisotopic (exact) mass is 427 g/mol. The topological polar surface area (TPSA) is 96.1 Å². The van der Waals surface area contributed by atoms with Gasteiger partial charge in [0.1, 0.15) is 0 Å². The number of aryl methyl sites for hydroxylation is 1. The Morgan fingerprint density at radius 3 is 2.50 bits per heavy atom. The third-order valence-electron chi connectivity index (χ3n) is 5.97. The summed E-state index contributed by atoms with van der Waals surface area (Å²) >= 11 is 0. The number of carbonyl (C=O) groups is 2. The lowest BCUT2D eigenvalue weighted by Crippen LogP contribution is -2.22. The number of aromatic nitrogens is 2. The van der Waals surface area contributed by atoms with E-state index in [2.05, 4.69) is 19.8 Å². The summed E-state index contributed by atoms with van der Waals surface area (Å²) in [5.74, 6) is -0.766. The van der Waals surface area contributed by atoms with Crippen LogP contribution in [-0.2, 0) is 16.1 Å². The van der Waals surface area contributed by atoms with Crippen LogP contribution in [0.1, 0.15) is 17.5 Å². The molecule has 5 rings (SSSR count). The van der Waals surface area contributed by atoms with Gasteiger partial charge in [0, 0.05) is 57.6 Å². The summed E-state index contributed by atoms with van der Waals surface area (Å²) in [5.41, 5.74) is 10.8. The number of benzene rings is 2. The quantitative estimate of drug-likeness (QED) is 0.325. The average molecular weight is 428 g/mol. The van der Waals surface area contributed by atoms with Crippen LogP contribution in [-0.4, -0.2) is 46.9 Å². The van der Waals surface area contributed by atoms with E-state index in [4.69, 9.17) is 5.73 Å². The average Bonchev–Trinajstić information content (AvgIpc) is 3.40. The highest BCUT2D eigenvalue weighted by Crippen LogP contribution is 2.38. The first-order valence-electron chi connectivity index (χ1n) is 10.6. The zero-order valence-electron chi connectivity index (χ0n) is 18.1. The van der Waals surface area contributed by atoms with Crippen molar-refractivity contribution in [3.05, 3.63) is 66.0 Å². The molecule has 7 heteroatoms. The van der Waals surface area contributed by atoms with E-state index < -0.39 is 0 Å². The number of amides is 2. The van der Waals surface area contributed by atoms with Crippen LogP contribution in [0.3, 0.4) is 0 Å². The van der Waals surface area contributed by atoms with Gasteiger partial charge in [-0.3, -0.25) is 14.9 Å². The molecule has 1 aliphatic rings. The van der Waals surface area contributed by atoms with Crippen LogP contribution < -0.4 is 11.1 Å². The van der Waals surface area contributed by atoms with Crippen molar-refractivity contribution in [1.82, 2.24) is 19.8 Å². The Hall–Kier alpha value is -3.84. The Morgan fingerprint density at radius 2 is 1.72 bits per heavy atom. The number of hydrogen-bond donors (Lipinski definition) is 3. The van der Waals surface area contributed by atoms with Crippen LogP contribution in [0.15, 0.2) is 54.9 Å². The molecule has 0 saturated carbocycles. The molecule has 4 N–H and O–H groups in total. The second-order valence-corrected chi connectivity index (χ2v) is 8.45. The van der Waals surface area contributed by atoms with Crippen LogP contribution in [0.25, 0.3) is 33.0 Å². The van der Waals surface area contributed by atoms with Crippen LogP contribution >= 0.6 is 0 Å². The van der Waals surface area contributed by atoms with Crippen molar-refractivity contribution in [3.63, 3.8) is 0 Å². The van der Waals surface area contributed by atoms with Gasteiger partial charge in [-0.05, 0) is 51.3 Å². The van der Waals surface area contributed by atoms with Crippen LogP contribution in [0.2, 0.25) is 0 Å². The number of nitrogens with zero attached hydrogens (tertiary/aromatic N) is 2. The summed E-state index contributed by atoms with van der Waals surface area (Å²) in [4.78, 5) is 31.3. The summed E-state index contributed by atoms with van der Waals surface area (Å²) in [6, 6.07) is 13.5. The normalized spacial score (nSPS) is 14.3. The lowest BCUT2D eigenvalue weighted by atomic mass is 9.95. The fraction of sp³-hybridized carbons (Fsp3) is 0.200. The molecule has 4 aromatic rings. The molecule has 2 amide bonds. The molecule has 2 aromatic heterocycles. The van der Waals surface area contributed by atoms with Crippen molar-refractivity contribution in [1.29, 1.82) is 0 Å². The Kier molecular flexibility index (Phi) is 4.83.